The smallest absolute Gasteiger partial charge is 0.254 e. The fourth-order valence-electron chi connectivity index (χ4n) is 3.56. The third-order valence-corrected chi connectivity index (χ3v) is 4.37. The highest BCUT2D eigenvalue weighted by Gasteiger charge is 2.42. The predicted molar refractivity (Wildman–Crippen MR) is 79.0 cm³/mol. The molecule has 0 spiro atoms. The van der Waals surface area contributed by atoms with Gasteiger partial charge >= 0.3 is 0 Å². The first-order valence-corrected chi connectivity index (χ1v) is 7.43. The Morgan fingerprint density at radius 2 is 1.90 bits per heavy atom. The van der Waals surface area contributed by atoms with Crippen molar-refractivity contribution in [2.45, 2.75) is 50.8 Å². The van der Waals surface area contributed by atoms with E-state index in [1.165, 1.54) is 6.92 Å². The van der Waals surface area contributed by atoms with Crippen molar-refractivity contribution in [3.63, 3.8) is 0 Å². The molecular weight excluding hydrogens is 268 g/mol. The topological polar surface area (TPSA) is 69.6 Å². The Morgan fingerprint density at radius 1 is 1.24 bits per heavy atom. The lowest BCUT2D eigenvalue weighted by atomic mass is 9.98. The minimum absolute atomic E-state index is 0.00148. The largest absolute Gasteiger partial charge is 0.393 e. The number of aliphatic hydroxyl groups is 1. The molecule has 2 aliphatic heterocycles. The number of benzene rings is 1. The molecule has 2 aliphatic rings. The van der Waals surface area contributed by atoms with Gasteiger partial charge in [0.1, 0.15) is 0 Å². The van der Waals surface area contributed by atoms with Gasteiger partial charge in [0.15, 0.2) is 0 Å². The standard InChI is InChI=1S/C16H20N2O3/c1-10(19)17-12-4-2-3-11(7-12)16(21)18-13-5-6-14(18)9-15(20)8-13/h2-4,7,13-15,20H,5-6,8-9H2,1H3,(H,17,19). The molecule has 21 heavy (non-hydrogen) atoms. The van der Waals surface area contributed by atoms with E-state index in [1.807, 2.05) is 4.90 Å². The predicted octanol–water partition coefficient (Wildman–Crippen LogP) is 1.77. The number of hydrogen-bond donors (Lipinski definition) is 2. The quantitative estimate of drug-likeness (QED) is 0.871. The molecule has 2 heterocycles. The fourth-order valence-corrected chi connectivity index (χ4v) is 3.56. The second-order valence-corrected chi connectivity index (χ2v) is 5.98. The normalized spacial score (nSPS) is 27.5. The van der Waals surface area contributed by atoms with Crippen LogP contribution in [0.5, 0.6) is 0 Å². The van der Waals surface area contributed by atoms with Gasteiger partial charge in [0, 0.05) is 30.3 Å². The van der Waals surface area contributed by atoms with E-state index >= 15 is 0 Å². The van der Waals surface area contributed by atoms with Gasteiger partial charge in [0.25, 0.3) is 5.91 Å². The number of aliphatic hydroxyl groups excluding tert-OH is 1. The van der Waals surface area contributed by atoms with Gasteiger partial charge in [-0.25, -0.2) is 0 Å². The summed E-state index contributed by atoms with van der Waals surface area (Å²) in [6.07, 6.45) is 3.01. The highest BCUT2D eigenvalue weighted by atomic mass is 16.3. The Labute approximate surface area is 123 Å². The van der Waals surface area contributed by atoms with Gasteiger partial charge < -0.3 is 15.3 Å². The Bertz CT molecular complexity index is 558. The number of nitrogens with one attached hydrogen (secondary N) is 1. The van der Waals surface area contributed by atoms with Gasteiger partial charge in [-0.2, -0.15) is 0 Å². The van der Waals surface area contributed by atoms with Crippen LogP contribution in [0.1, 0.15) is 43.0 Å². The number of piperidine rings is 1. The van der Waals surface area contributed by atoms with Crippen molar-refractivity contribution in [1.82, 2.24) is 4.90 Å². The van der Waals surface area contributed by atoms with Crippen LogP contribution in [0.25, 0.3) is 0 Å². The van der Waals surface area contributed by atoms with Crippen LogP contribution in [0, 0.1) is 0 Å². The Morgan fingerprint density at radius 3 is 2.52 bits per heavy atom. The van der Waals surface area contributed by atoms with Crippen LogP contribution in [0.15, 0.2) is 24.3 Å². The molecule has 3 rings (SSSR count). The fraction of sp³-hybridized carbons (Fsp3) is 0.500. The molecule has 2 atom stereocenters. The Balaban J connectivity index is 1.81. The summed E-state index contributed by atoms with van der Waals surface area (Å²) in [5, 5.41) is 12.5. The molecule has 2 amide bonds. The summed E-state index contributed by atoms with van der Waals surface area (Å²) in [6.45, 7) is 1.45. The van der Waals surface area contributed by atoms with Gasteiger partial charge in [-0.3, -0.25) is 9.59 Å². The molecule has 0 aliphatic carbocycles. The van der Waals surface area contributed by atoms with Crippen LogP contribution in [0.4, 0.5) is 5.69 Å². The minimum atomic E-state index is -0.280. The van der Waals surface area contributed by atoms with Crippen LogP contribution in [0.3, 0.4) is 0 Å². The van der Waals surface area contributed by atoms with Gasteiger partial charge in [0.05, 0.1) is 6.10 Å². The number of carbonyl (C=O) groups is 2. The van der Waals surface area contributed by atoms with Crippen molar-refractivity contribution < 1.29 is 14.7 Å². The van der Waals surface area contributed by atoms with Crippen molar-refractivity contribution in [2.24, 2.45) is 0 Å². The zero-order valence-electron chi connectivity index (χ0n) is 12.1. The first-order valence-electron chi connectivity index (χ1n) is 7.43. The summed E-state index contributed by atoms with van der Waals surface area (Å²) in [5.74, 6) is -0.151. The number of nitrogens with zero attached hydrogens (tertiary/aromatic N) is 1. The lowest BCUT2D eigenvalue weighted by Gasteiger charge is -2.37. The van der Waals surface area contributed by atoms with Crippen LogP contribution >= 0.6 is 0 Å². The average Bonchev–Trinajstić information content (AvgIpc) is 2.69. The minimum Gasteiger partial charge on any atom is -0.393 e. The average molecular weight is 288 g/mol. The van der Waals surface area contributed by atoms with Crippen LogP contribution in [-0.2, 0) is 4.79 Å². The number of fused-ring (bicyclic) bond motifs is 2. The van der Waals surface area contributed by atoms with E-state index in [0.29, 0.717) is 24.1 Å². The summed E-state index contributed by atoms with van der Waals surface area (Å²) >= 11 is 0. The van der Waals surface area contributed by atoms with Crippen LogP contribution < -0.4 is 5.32 Å². The van der Waals surface area contributed by atoms with Crippen molar-refractivity contribution in [1.29, 1.82) is 0 Å². The number of hydrogen-bond acceptors (Lipinski definition) is 3. The van der Waals surface area contributed by atoms with Crippen LogP contribution in [-0.4, -0.2) is 40.0 Å². The number of anilines is 1. The lowest BCUT2D eigenvalue weighted by Crippen LogP contribution is -2.48. The van der Waals surface area contributed by atoms with E-state index in [1.54, 1.807) is 24.3 Å². The van der Waals surface area contributed by atoms with Gasteiger partial charge in [-0.05, 0) is 43.9 Å². The second kappa shape index (κ2) is 5.48. The molecule has 2 saturated heterocycles. The summed E-state index contributed by atoms with van der Waals surface area (Å²) in [7, 11) is 0. The number of amides is 2. The molecule has 5 heteroatoms. The zero-order chi connectivity index (χ0) is 15.0. The maximum atomic E-state index is 12.7. The molecule has 1 aromatic rings. The highest BCUT2D eigenvalue weighted by molar-refractivity contribution is 5.97. The molecule has 2 N–H and O–H groups in total. The monoisotopic (exact) mass is 288 g/mol. The van der Waals surface area contributed by atoms with Crippen molar-refractivity contribution in [3.8, 4) is 0 Å². The molecule has 112 valence electrons. The van der Waals surface area contributed by atoms with Crippen molar-refractivity contribution in [2.75, 3.05) is 5.32 Å². The molecule has 1 aromatic carbocycles. The number of rotatable bonds is 2. The van der Waals surface area contributed by atoms with Crippen molar-refractivity contribution >= 4 is 17.5 Å². The first-order chi connectivity index (χ1) is 10.0. The van der Waals surface area contributed by atoms with E-state index in [-0.39, 0.29) is 30.0 Å². The van der Waals surface area contributed by atoms with E-state index in [4.69, 9.17) is 0 Å². The molecule has 5 nitrogen and oxygen atoms in total. The van der Waals surface area contributed by atoms with Gasteiger partial charge in [-0.15, -0.1) is 0 Å². The highest BCUT2D eigenvalue weighted by Crippen LogP contribution is 2.36. The molecule has 0 radical (unpaired) electrons. The number of carbonyl (C=O) groups excluding carboxylic acids is 2. The lowest BCUT2D eigenvalue weighted by molar-refractivity contribution is -0.114. The SMILES string of the molecule is CC(=O)Nc1cccc(C(=O)N2C3CCC2CC(O)C3)c1. The third-order valence-electron chi connectivity index (χ3n) is 4.37. The molecule has 0 aromatic heterocycles. The Kier molecular flexibility index (Phi) is 3.68. The Hall–Kier alpha value is -1.88. The molecule has 2 unspecified atom stereocenters. The van der Waals surface area contributed by atoms with E-state index < -0.39 is 0 Å². The van der Waals surface area contributed by atoms with E-state index in [9.17, 15) is 14.7 Å². The van der Waals surface area contributed by atoms with E-state index in [0.717, 1.165) is 12.8 Å². The third kappa shape index (κ3) is 2.78. The van der Waals surface area contributed by atoms with Gasteiger partial charge in [0.2, 0.25) is 5.91 Å². The molecule has 2 fully saturated rings. The summed E-state index contributed by atoms with van der Waals surface area (Å²) < 4.78 is 0. The summed E-state index contributed by atoms with van der Waals surface area (Å²) in [4.78, 5) is 25.8. The summed E-state index contributed by atoms with van der Waals surface area (Å²) in [6, 6.07) is 7.34. The molecular formula is C16H20N2O3. The first kappa shape index (κ1) is 14.1. The van der Waals surface area contributed by atoms with E-state index in [2.05, 4.69) is 5.32 Å². The molecule has 2 bridgehead atoms. The maximum Gasteiger partial charge on any atom is 0.254 e. The zero-order valence-corrected chi connectivity index (χ0v) is 12.1. The van der Waals surface area contributed by atoms with Crippen LogP contribution in [0.2, 0.25) is 0 Å². The van der Waals surface area contributed by atoms with Crippen molar-refractivity contribution in [3.05, 3.63) is 29.8 Å². The molecule has 0 saturated carbocycles. The summed E-state index contributed by atoms with van der Waals surface area (Å²) in [5.41, 5.74) is 1.23. The van der Waals surface area contributed by atoms with Gasteiger partial charge in [-0.1, -0.05) is 6.07 Å². The maximum absolute atomic E-state index is 12.7. The second-order valence-electron chi connectivity index (χ2n) is 5.98.